The smallest absolute Gasteiger partial charge is 0.326 e. The summed E-state index contributed by atoms with van der Waals surface area (Å²) in [5.41, 5.74) is 8.51. The maximum Gasteiger partial charge on any atom is 0.326 e. The number of nitrogens with one attached hydrogen (secondary N) is 4. The van der Waals surface area contributed by atoms with Gasteiger partial charge >= 0.3 is 5.97 Å². The Morgan fingerprint density at radius 1 is 0.810 bits per heavy atom. The summed E-state index contributed by atoms with van der Waals surface area (Å²) < 4.78 is 0. The van der Waals surface area contributed by atoms with Gasteiger partial charge in [-0.15, -0.1) is 0 Å². The second-order valence-corrected chi connectivity index (χ2v) is 11.3. The van der Waals surface area contributed by atoms with Gasteiger partial charge < -0.3 is 31.8 Å². The van der Waals surface area contributed by atoms with E-state index in [-0.39, 0.29) is 24.7 Å². The van der Waals surface area contributed by atoms with Gasteiger partial charge in [-0.2, -0.15) is 0 Å². The number of fused-ring (bicyclic) bond motifs is 1. The quantitative estimate of drug-likeness (QED) is 0.162. The second kappa shape index (κ2) is 15.2. The summed E-state index contributed by atoms with van der Waals surface area (Å²) in [5, 5.41) is 19.0. The second-order valence-electron chi connectivity index (χ2n) is 11.3. The topological polar surface area (TPSA) is 166 Å². The first-order valence-corrected chi connectivity index (χ1v) is 14.5. The van der Waals surface area contributed by atoms with Crippen LogP contribution in [0.2, 0.25) is 0 Å². The number of aromatic amines is 1. The lowest BCUT2D eigenvalue weighted by Gasteiger charge is -2.27. The van der Waals surface area contributed by atoms with Crippen molar-refractivity contribution < 1.29 is 24.3 Å². The van der Waals surface area contributed by atoms with Gasteiger partial charge in [-0.3, -0.25) is 14.4 Å². The molecule has 2 aromatic carbocycles. The molecule has 0 aliphatic rings. The van der Waals surface area contributed by atoms with Crippen molar-refractivity contribution in [3.63, 3.8) is 0 Å². The van der Waals surface area contributed by atoms with Gasteiger partial charge in [0, 0.05) is 29.9 Å². The minimum Gasteiger partial charge on any atom is -0.480 e. The van der Waals surface area contributed by atoms with E-state index in [1.54, 1.807) is 6.20 Å². The number of carboxylic acid groups (broad SMARTS) is 1. The number of hydrogen-bond acceptors (Lipinski definition) is 5. The number of benzene rings is 2. The zero-order valence-electron chi connectivity index (χ0n) is 24.7. The van der Waals surface area contributed by atoms with Crippen LogP contribution in [-0.2, 0) is 32.0 Å². The average Bonchev–Trinajstić information content (AvgIpc) is 3.38. The molecule has 0 spiro atoms. The van der Waals surface area contributed by atoms with Gasteiger partial charge in [0.15, 0.2) is 0 Å². The summed E-state index contributed by atoms with van der Waals surface area (Å²) in [5.74, 6) is -2.80. The SMILES string of the molecule is CCC(C)C(N)C(=O)NC(CC(C)C)C(=O)NC(Cc1ccccc1)C(=O)NC(Cc1c[nH]c2ccccc12)C(=O)O. The maximum atomic E-state index is 13.6. The molecule has 0 aliphatic carbocycles. The number of para-hydroxylation sites is 1. The minimum absolute atomic E-state index is 0.0522. The molecule has 3 amide bonds. The summed E-state index contributed by atoms with van der Waals surface area (Å²) in [6.07, 6.45) is 2.96. The van der Waals surface area contributed by atoms with Gasteiger partial charge in [-0.1, -0.05) is 82.6 Å². The Kier molecular flexibility index (Phi) is 11.7. The van der Waals surface area contributed by atoms with Crippen molar-refractivity contribution in [3.8, 4) is 0 Å². The standard InChI is InChI=1S/C32H43N5O5/c1-5-20(4)28(33)31(40)36-25(15-19(2)3)29(38)35-26(16-21-11-7-6-8-12-21)30(39)37-27(32(41)42)17-22-18-34-24-14-10-9-13-23(22)24/h6-14,18-20,25-28,34H,5,15-17,33H2,1-4H3,(H,35,38)(H,36,40)(H,37,39)(H,41,42). The third kappa shape index (κ3) is 8.91. The number of nitrogens with two attached hydrogens (primary N) is 1. The monoisotopic (exact) mass is 577 g/mol. The highest BCUT2D eigenvalue weighted by Gasteiger charge is 2.32. The zero-order chi connectivity index (χ0) is 30.8. The highest BCUT2D eigenvalue weighted by atomic mass is 16.4. The van der Waals surface area contributed by atoms with E-state index in [4.69, 9.17) is 5.73 Å². The summed E-state index contributed by atoms with van der Waals surface area (Å²) >= 11 is 0. The summed E-state index contributed by atoms with van der Waals surface area (Å²) in [7, 11) is 0. The molecule has 0 fully saturated rings. The molecule has 0 bridgehead atoms. The number of rotatable bonds is 15. The predicted molar refractivity (Wildman–Crippen MR) is 162 cm³/mol. The van der Waals surface area contributed by atoms with E-state index in [2.05, 4.69) is 20.9 Å². The van der Waals surface area contributed by atoms with Crippen LogP contribution in [0.15, 0.2) is 60.8 Å². The number of H-pyrrole nitrogens is 1. The molecule has 1 aromatic heterocycles. The van der Waals surface area contributed by atoms with Crippen molar-refractivity contribution in [1.82, 2.24) is 20.9 Å². The molecule has 10 heteroatoms. The van der Waals surface area contributed by atoms with E-state index in [0.717, 1.165) is 22.0 Å². The summed E-state index contributed by atoms with van der Waals surface area (Å²) in [6, 6.07) is 12.6. The highest BCUT2D eigenvalue weighted by molar-refractivity contribution is 5.94. The molecule has 0 saturated heterocycles. The van der Waals surface area contributed by atoms with Gasteiger partial charge in [0.2, 0.25) is 17.7 Å². The molecular formula is C32H43N5O5. The molecular weight excluding hydrogens is 534 g/mol. The summed E-state index contributed by atoms with van der Waals surface area (Å²) in [4.78, 5) is 55.3. The first kappa shape index (κ1) is 32.3. The van der Waals surface area contributed by atoms with Gasteiger partial charge in [0.05, 0.1) is 6.04 Å². The first-order valence-electron chi connectivity index (χ1n) is 14.5. The van der Waals surface area contributed by atoms with Crippen LogP contribution >= 0.6 is 0 Å². The van der Waals surface area contributed by atoms with E-state index in [0.29, 0.717) is 12.8 Å². The molecule has 0 radical (unpaired) electrons. The molecule has 10 nitrogen and oxygen atoms in total. The van der Waals surface area contributed by atoms with E-state index in [9.17, 15) is 24.3 Å². The number of amides is 3. The van der Waals surface area contributed by atoms with Crippen molar-refractivity contribution >= 4 is 34.6 Å². The van der Waals surface area contributed by atoms with E-state index < -0.39 is 47.9 Å². The molecule has 3 rings (SSSR count). The van der Waals surface area contributed by atoms with Crippen molar-refractivity contribution in [2.24, 2.45) is 17.6 Å². The Labute approximate surface area is 246 Å². The fraction of sp³-hybridized carbons (Fsp3) is 0.438. The van der Waals surface area contributed by atoms with Crippen LogP contribution in [0, 0.1) is 11.8 Å². The van der Waals surface area contributed by atoms with Crippen LogP contribution in [0.25, 0.3) is 10.9 Å². The Morgan fingerprint density at radius 3 is 2.05 bits per heavy atom. The molecule has 42 heavy (non-hydrogen) atoms. The van der Waals surface area contributed by atoms with Gasteiger partial charge in [0.25, 0.3) is 0 Å². The predicted octanol–water partition coefficient (Wildman–Crippen LogP) is 2.91. The average molecular weight is 578 g/mol. The lowest BCUT2D eigenvalue weighted by atomic mass is 9.97. The van der Waals surface area contributed by atoms with Gasteiger partial charge in [0.1, 0.15) is 18.1 Å². The molecule has 3 aromatic rings. The molecule has 5 unspecified atom stereocenters. The van der Waals surface area contributed by atoms with Crippen molar-refractivity contribution in [2.75, 3.05) is 0 Å². The van der Waals surface area contributed by atoms with Crippen molar-refractivity contribution in [1.29, 1.82) is 0 Å². The molecule has 0 saturated carbocycles. The first-order chi connectivity index (χ1) is 20.0. The third-order valence-electron chi connectivity index (χ3n) is 7.53. The van der Waals surface area contributed by atoms with Gasteiger partial charge in [-0.25, -0.2) is 4.79 Å². The minimum atomic E-state index is -1.23. The number of aliphatic carboxylic acids is 1. The van der Waals surface area contributed by atoms with E-state index in [1.165, 1.54) is 0 Å². The summed E-state index contributed by atoms with van der Waals surface area (Å²) in [6.45, 7) is 7.66. The molecule has 0 aliphatic heterocycles. The zero-order valence-corrected chi connectivity index (χ0v) is 24.7. The van der Waals surface area contributed by atoms with E-state index in [1.807, 2.05) is 82.3 Å². The molecule has 226 valence electrons. The lowest BCUT2D eigenvalue weighted by molar-refractivity contribution is -0.142. The number of carbonyl (C=O) groups excluding carboxylic acids is 3. The number of hydrogen-bond donors (Lipinski definition) is 6. The largest absolute Gasteiger partial charge is 0.480 e. The van der Waals surface area contributed by atoms with Crippen molar-refractivity contribution in [2.45, 2.75) is 77.5 Å². The fourth-order valence-corrected chi connectivity index (χ4v) is 4.81. The van der Waals surface area contributed by atoms with Crippen LogP contribution in [-0.4, -0.2) is 57.9 Å². The number of carbonyl (C=O) groups is 4. The van der Waals surface area contributed by atoms with Crippen LogP contribution in [0.5, 0.6) is 0 Å². The fourth-order valence-electron chi connectivity index (χ4n) is 4.81. The lowest BCUT2D eigenvalue weighted by Crippen LogP contribution is -2.58. The van der Waals surface area contributed by atoms with Crippen LogP contribution in [0.3, 0.4) is 0 Å². The Bertz CT molecular complexity index is 1360. The number of aromatic nitrogens is 1. The Morgan fingerprint density at radius 2 is 1.40 bits per heavy atom. The van der Waals surface area contributed by atoms with Crippen LogP contribution < -0.4 is 21.7 Å². The normalized spacial score (nSPS) is 14.9. The van der Waals surface area contributed by atoms with Gasteiger partial charge in [-0.05, 0) is 35.4 Å². The maximum absolute atomic E-state index is 13.6. The van der Waals surface area contributed by atoms with Crippen molar-refractivity contribution in [3.05, 3.63) is 71.9 Å². The molecule has 1 heterocycles. The van der Waals surface area contributed by atoms with E-state index >= 15 is 0 Å². The molecule has 7 N–H and O–H groups in total. The Hall–Kier alpha value is -4.18. The van der Waals surface area contributed by atoms with Crippen LogP contribution in [0.4, 0.5) is 0 Å². The highest BCUT2D eigenvalue weighted by Crippen LogP contribution is 2.19. The van der Waals surface area contributed by atoms with Crippen LogP contribution in [0.1, 0.15) is 51.7 Å². The molecule has 5 atom stereocenters. The number of carboxylic acids is 1. The Balaban J connectivity index is 1.81. The third-order valence-corrected chi connectivity index (χ3v) is 7.53.